The molecule has 0 fully saturated rings. The molecule has 0 spiro atoms. The van der Waals surface area contributed by atoms with Crippen molar-refractivity contribution in [2.75, 3.05) is 6.61 Å². The zero-order chi connectivity index (χ0) is 21.6. The molecule has 2 unspecified atom stereocenters. The quantitative estimate of drug-likeness (QED) is 0.382. The molecule has 0 N–H and O–H groups in total. The molecule has 0 aromatic heterocycles. The van der Waals surface area contributed by atoms with E-state index in [1.165, 1.54) is 27.8 Å². The highest BCUT2D eigenvalue weighted by molar-refractivity contribution is 5.37. The Morgan fingerprint density at radius 2 is 1.41 bits per heavy atom. The fraction of sp³-hybridized carbons (Fsp3) is 0.556. The van der Waals surface area contributed by atoms with Gasteiger partial charge < -0.3 is 9.47 Å². The second kappa shape index (κ2) is 10.8. The predicted molar refractivity (Wildman–Crippen MR) is 124 cm³/mol. The van der Waals surface area contributed by atoms with Gasteiger partial charge in [0.15, 0.2) is 6.29 Å². The molecule has 0 amide bonds. The second-order valence-corrected chi connectivity index (χ2v) is 8.96. The average molecular weight is 397 g/mol. The Morgan fingerprint density at radius 3 is 1.93 bits per heavy atom. The van der Waals surface area contributed by atoms with Gasteiger partial charge in [0.1, 0.15) is 5.75 Å². The summed E-state index contributed by atoms with van der Waals surface area (Å²) in [7, 11) is 0. The third-order valence-electron chi connectivity index (χ3n) is 5.79. The van der Waals surface area contributed by atoms with Gasteiger partial charge in [-0.05, 0) is 78.3 Å². The average Bonchev–Trinajstić information content (AvgIpc) is 2.68. The Hall–Kier alpha value is -1.80. The van der Waals surface area contributed by atoms with Crippen LogP contribution in [0.2, 0.25) is 0 Å². The van der Waals surface area contributed by atoms with Crippen molar-refractivity contribution in [2.45, 2.75) is 92.3 Å². The molecule has 2 aromatic rings. The van der Waals surface area contributed by atoms with Gasteiger partial charge in [0, 0.05) is 0 Å². The Labute approximate surface area is 178 Å². The topological polar surface area (TPSA) is 18.5 Å². The van der Waals surface area contributed by atoms with E-state index in [9.17, 15) is 0 Å². The fourth-order valence-electron chi connectivity index (χ4n) is 3.46. The van der Waals surface area contributed by atoms with Gasteiger partial charge in [0.25, 0.3) is 0 Å². The summed E-state index contributed by atoms with van der Waals surface area (Å²) in [5, 5.41) is 0. The van der Waals surface area contributed by atoms with Gasteiger partial charge in [-0.2, -0.15) is 0 Å². The minimum Gasteiger partial charge on any atom is -0.465 e. The zero-order valence-electron chi connectivity index (χ0n) is 19.7. The molecule has 0 radical (unpaired) electrons. The second-order valence-electron chi connectivity index (χ2n) is 8.96. The van der Waals surface area contributed by atoms with E-state index >= 15 is 0 Å². The molecule has 2 nitrogen and oxygen atoms in total. The number of aryl methyl sites for hydroxylation is 1. The van der Waals surface area contributed by atoms with Crippen LogP contribution < -0.4 is 4.74 Å². The van der Waals surface area contributed by atoms with Crippen molar-refractivity contribution in [3.8, 4) is 5.75 Å². The Kier molecular flexibility index (Phi) is 8.77. The summed E-state index contributed by atoms with van der Waals surface area (Å²) in [6.07, 6.45) is 1.79. The fourth-order valence-corrected chi connectivity index (χ4v) is 3.46. The monoisotopic (exact) mass is 396 g/mol. The number of hydrogen-bond donors (Lipinski definition) is 0. The smallest absolute Gasteiger partial charge is 0.197 e. The highest BCUT2D eigenvalue weighted by Gasteiger charge is 2.11. The lowest BCUT2D eigenvalue weighted by Gasteiger charge is -2.19. The van der Waals surface area contributed by atoms with E-state index in [0.29, 0.717) is 24.4 Å². The van der Waals surface area contributed by atoms with Crippen molar-refractivity contribution in [3.05, 3.63) is 64.2 Å². The first-order chi connectivity index (χ1) is 13.7. The van der Waals surface area contributed by atoms with Crippen LogP contribution in [0.1, 0.15) is 100 Å². The van der Waals surface area contributed by atoms with Gasteiger partial charge >= 0.3 is 0 Å². The van der Waals surface area contributed by atoms with Crippen molar-refractivity contribution >= 4 is 0 Å². The summed E-state index contributed by atoms with van der Waals surface area (Å²) in [6.45, 7) is 18.3. The summed E-state index contributed by atoms with van der Waals surface area (Å²) in [5.74, 6) is 2.57. The van der Waals surface area contributed by atoms with Crippen molar-refractivity contribution in [1.29, 1.82) is 0 Å². The largest absolute Gasteiger partial charge is 0.465 e. The van der Waals surface area contributed by atoms with Crippen LogP contribution in [-0.2, 0) is 11.2 Å². The van der Waals surface area contributed by atoms with Gasteiger partial charge in [0.2, 0.25) is 0 Å². The van der Waals surface area contributed by atoms with Gasteiger partial charge in [-0.1, -0.05) is 71.9 Å². The molecule has 0 bridgehead atoms. The summed E-state index contributed by atoms with van der Waals surface area (Å²) in [6, 6.07) is 13.5. The van der Waals surface area contributed by atoms with Crippen LogP contribution >= 0.6 is 0 Å². The molecular formula is C27H40O2. The first kappa shape index (κ1) is 23.5. The molecule has 160 valence electrons. The normalized spacial score (nSPS) is 13.7. The molecule has 0 saturated carbocycles. The standard InChI is InChI=1S/C27H40O2/c1-9-20(6)24-10-11-27(21(7)14-24)29-22(8)28-13-12-23-15-25(18(2)3)17-26(16-23)19(4)5/h10-11,14-20,22H,9,12-13H2,1-8H3. The summed E-state index contributed by atoms with van der Waals surface area (Å²) in [4.78, 5) is 0. The van der Waals surface area contributed by atoms with Crippen LogP contribution in [0, 0.1) is 6.92 Å². The van der Waals surface area contributed by atoms with Crippen molar-refractivity contribution in [2.24, 2.45) is 0 Å². The van der Waals surface area contributed by atoms with Crippen LogP contribution in [0.15, 0.2) is 36.4 Å². The van der Waals surface area contributed by atoms with Gasteiger partial charge in [-0.15, -0.1) is 0 Å². The van der Waals surface area contributed by atoms with Crippen LogP contribution in [0.25, 0.3) is 0 Å². The predicted octanol–water partition coefficient (Wildman–Crippen LogP) is 7.74. The van der Waals surface area contributed by atoms with Crippen LogP contribution in [0.4, 0.5) is 0 Å². The molecule has 2 heteroatoms. The first-order valence-corrected chi connectivity index (χ1v) is 11.2. The third-order valence-corrected chi connectivity index (χ3v) is 5.79. The maximum Gasteiger partial charge on any atom is 0.197 e. The maximum atomic E-state index is 6.05. The maximum absolute atomic E-state index is 6.05. The van der Waals surface area contributed by atoms with E-state index in [-0.39, 0.29) is 6.29 Å². The number of hydrogen-bond acceptors (Lipinski definition) is 2. The number of benzene rings is 2. The van der Waals surface area contributed by atoms with Crippen LogP contribution in [-0.4, -0.2) is 12.9 Å². The van der Waals surface area contributed by atoms with Crippen molar-refractivity contribution in [1.82, 2.24) is 0 Å². The highest BCUT2D eigenvalue weighted by atomic mass is 16.7. The molecule has 0 aliphatic rings. The van der Waals surface area contributed by atoms with Gasteiger partial charge in [-0.3, -0.25) is 0 Å². The Morgan fingerprint density at radius 1 is 0.793 bits per heavy atom. The minimum atomic E-state index is -0.263. The molecular weight excluding hydrogens is 356 g/mol. The number of rotatable bonds is 10. The van der Waals surface area contributed by atoms with E-state index in [2.05, 4.69) is 84.9 Å². The first-order valence-electron chi connectivity index (χ1n) is 11.2. The van der Waals surface area contributed by atoms with E-state index in [1.54, 1.807) is 0 Å². The molecule has 2 aromatic carbocycles. The lowest BCUT2D eigenvalue weighted by atomic mass is 9.92. The summed E-state index contributed by atoms with van der Waals surface area (Å²) in [5.41, 5.74) is 6.71. The van der Waals surface area contributed by atoms with E-state index < -0.39 is 0 Å². The minimum absolute atomic E-state index is 0.263. The van der Waals surface area contributed by atoms with Crippen molar-refractivity contribution in [3.63, 3.8) is 0 Å². The molecule has 0 saturated heterocycles. The Balaban J connectivity index is 1.94. The summed E-state index contributed by atoms with van der Waals surface area (Å²) < 4.78 is 12.0. The van der Waals surface area contributed by atoms with Crippen LogP contribution in [0.5, 0.6) is 5.75 Å². The summed E-state index contributed by atoms with van der Waals surface area (Å²) >= 11 is 0. The third kappa shape index (κ3) is 6.89. The molecule has 2 atom stereocenters. The van der Waals surface area contributed by atoms with Crippen LogP contribution in [0.3, 0.4) is 0 Å². The molecule has 0 aliphatic heterocycles. The van der Waals surface area contributed by atoms with Crippen molar-refractivity contribution < 1.29 is 9.47 Å². The van der Waals surface area contributed by atoms with E-state index in [1.807, 2.05) is 6.92 Å². The number of ether oxygens (including phenoxy) is 2. The lowest BCUT2D eigenvalue weighted by Crippen LogP contribution is -2.18. The van der Waals surface area contributed by atoms with E-state index in [4.69, 9.17) is 9.47 Å². The van der Waals surface area contributed by atoms with Gasteiger partial charge in [-0.25, -0.2) is 0 Å². The molecule has 2 rings (SSSR count). The highest BCUT2D eigenvalue weighted by Crippen LogP contribution is 2.27. The zero-order valence-corrected chi connectivity index (χ0v) is 19.7. The van der Waals surface area contributed by atoms with E-state index in [0.717, 1.165) is 18.6 Å². The molecule has 29 heavy (non-hydrogen) atoms. The lowest BCUT2D eigenvalue weighted by molar-refractivity contribution is -0.0657. The molecule has 0 heterocycles. The molecule has 0 aliphatic carbocycles. The SMILES string of the molecule is CCC(C)c1ccc(OC(C)OCCc2cc(C(C)C)cc(C(C)C)c2)c(C)c1. The Bertz CT molecular complexity index is 750. The van der Waals surface area contributed by atoms with Gasteiger partial charge in [0.05, 0.1) is 6.61 Å².